The predicted octanol–water partition coefficient (Wildman–Crippen LogP) is 6.16. The van der Waals surface area contributed by atoms with Crippen molar-refractivity contribution in [2.45, 2.75) is 65.7 Å². The first kappa shape index (κ1) is 16.4. The highest BCUT2D eigenvalue weighted by atomic mass is 35.5. The van der Waals surface area contributed by atoms with Gasteiger partial charge in [0.15, 0.2) is 0 Å². The van der Waals surface area contributed by atoms with Crippen LogP contribution in [-0.4, -0.2) is 0 Å². The molecule has 1 aromatic rings. The van der Waals surface area contributed by atoms with Gasteiger partial charge in [-0.15, -0.1) is 0 Å². The molecule has 108 valence electrons. The third kappa shape index (κ3) is 2.94. The Bertz CT molecular complexity index is 447. The molecule has 19 heavy (non-hydrogen) atoms. The molecule has 0 amide bonds. The number of halogens is 3. The molecule has 0 nitrogen and oxygen atoms in total. The molecule has 0 N–H and O–H groups in total. The van der Waals surface area contributed by atoms with Crippen molar-refractivity contribution in [3.8, 4) is 0 Å². The van der Waals surface area contributed by atoms with Crippen molar-refractivity contribution >= 4 is 11.6 Å². The highest BCUT2D eigenvalue weighted by Gasteiger charge is 2.32. The smallest absolute Gasteiger partial charge is 0.148 e. The molecule has 0 heterocycles. The molecular formula is C16H23ClF2. The summed E-state index contributed by atoms with van der Waals surface area (Å²) < 4.78 is 28.8. The van der Waals surface area contributed by atoms with E-state index in [4.69, 9.17) is 11.6 Å². The third-order valence-electron chi connectivity index (χ3n) is 3.30. The maximum absolute atomic E-state index is 14.4. The summed E-state index contributed by atoms with van der Waals surface area (Å²) in [7, 11) is 0. The number of benzene rings is 1. The zero-order chi connectivity index (χ0) is 15.1. The number of hydrogen-bond donors (Lipinski definition) is 0. The molecule has 0 bridgehead atoms. The minimum atomic E-state index is -0.608. The average Bonchev–Trinajstić information content (AvgIpc) is 2.22. The van der Waals surface area contributed by atoms with Crippen molar-refractivity contribution < 1.29 is 8.78 Å². The average molecular weight is 289 g/mol. The summed E-state index contributed by atoms with van der Waals surface area (Å²) in [6.45, 7) is 13.6. The monoisotopic (exact) mass is 288 g/mol. The van der Waals surface area contributed by atoms with Crippen LogP contribution in [0.3, 0.4) is 0 Å². The van der Waals surface area contributed by atoms with Crippen LogP contribution >= 0.6 is 11.6 Å². The van der Waals surface area contributed by atoms with Gasteiger partial charge in [0.1, 0.15) is 16.7 Å². The zero-order valence-electron chi connectivity index (χ0n) is 12.8. The first-order valence-electron chi connectivity index (χ1n) is 6.70. The fraction of sp³-hybridized carbons (Fsp3) is 0.625. The molecular weight excluding hydrogens is 266 g/mol. The predicted molar refractivity (Wildman–Crippen MR) is 78.2 cm³/mol. The molecule has 0 aromatic heterocycles. The Morgan fingerprint density at radius 1 is 0.842 bits per heavy atom. The van der Waals surface area contributed by atoms with Gasteiger partial charge in [-0.1, -0.05) is 60.1 Å². The second-order valence-corrected chi connectivity index (χ2v) is 7.08. The van der Waals surface area contributed by atoms with Crippen LogP contribution < -0.4 is 0 Å². The molecule has 0 aliphatic carbocycles. The van der Waals surface area contributed by atoms with Gasteiger partial charge >= 0.3 is 0 Å². The maximum atomic E-state index is 14.4. The lowest BCUT2D eigenvalue weighted by Gasteiger charge is -2.31. The molecule has 1 aromatic carbocycles. The van der Waals surface area contributed by atoms with Gasteiger partial charge in [0.05, 0.1) is 0 Å². The molecule has 0 saturated heterocycles. The van der Waals surface area contributed by atoms with Crippen LogP contribution in [0, 0.1) is 11.6 Å². The van der Waals surface area contributed by atoms with Crippen molar-refractivity contribution in [1.29, 1.82) is 0 Å². The Morgan fingerprint density at radius 3 is 1.37 bits per heavy atom. The lowest BCUT2D eigenvalue weighted by atomic mass is 9.75. The van der Waals surface area contributed by atoms with Crippen molar-refractivity contribution in [3.05, 3.63) is 33.3 Å². The van der Waals surface area contributed by atoms with Gasteiger partial charge in [-0.2, -0.15) is 0 Å². The Labute approximate surface area is 120 Å². The zero-order valence-corrected chi connectivity index (χ0v) is 13.5. The van der Waals surface area contributed by atoms with Gasteiger partial charge in [0.2, 0.25) is 0 Å². The molecule has 0 aliphatic rings. The summed E-state index contributed by atoms with van der Waals surface area (Å²) in [5.74, 6) is -1.29. The summed E-state index contributed by atoms with van der Waals surface area (Å²) >= 11 is 5.85. The fourth-order valence-electron chi connectivity index (χ4n) is 2.59. The van der Waals surface area contributed by atoms with Gasteiger partial charge in [0, 0.05) is 0 Å². The lowest BCUT2D eigenvalue weighted by Crippen LogP contribution is -2.22. The van der Waals surface area contributed by atoms with E-state index >= 15 is 0 Å². The quantitative estimate of drug-likeness (QED) is 0.571. The summed E-state index contributed by atoms with van der Waals surface area (Å²) in [6, 6.07) is 0. The molecule has 0 radical (unpaired) electrons. The van der Waals surface area contributed by atoms with Crippen LogP contribution in [0.1, 0.15) is 77.0 Å². The van der Waals surface area contributed by atoms with E-state index in [9.17, 15) is 8.78 Å². The Hall–Kier alpha value is -0.630. The fourth-order valence-corrected chi connectivity index (χ4v) is 2.79. The van der Waals surface area contributed by atoms with Gasteiger partial charge in [-0.25, -0.2) is 8.78 Å². The van der Waals surface area contributed by atoms with E-state index in [1.165, 1.54) is 0 Å². The van der Waals surface area contributed by atoms with E-state index in [2.05, 4.69) is 0 Å². The van der Waals surface area contributed by atoms with E-state index in [1.807, 2.05) is 48.5 Å². The lowest BCUT2D eigenvalue weighted by molar-refractivity contribution is 0.502. The molecule has 0 spiro atoms. The summed E-state index contributed by atoms with van der Waals surface area (Å²) in [5.41, 5.74) is 1.52. The Morgan fingerprint density at radius 2 is 1.16 bits per heavy atom. The van der Waals surface area contributed by atoms with E-state index in [0.29, 0.717) is 11.1 Å². The largest absolute Gasteiger partial charge is 0.205 e. The van der Waals surface area contributed by atoms with Gasteiger partial charge < -0.3 is 0 Å². The summed E-state index contributed by atoms with van der Waals surface area (Å²) in [6.07, 6.45) is 0. The van der Waals surface area contributed by atoms with Crippen molar-refractivity contribution in [2.75, 3.05) is 0 Å². The van der Waals surface area contributed by atoms with Crippen LogP contribution in [0.15, 0.2) is 0 Å². The normalized spacial score (nSPS) is 12.6. The van der Waals surface area contributed by atoms with Gasteiger partial charge in [0.25, 0.3) is 0 Å². The van der Waals surface area contributed by atoms with Crippen LogP contribution in [0.25, 0.3) is 0 Å². The van der Waals surface area contributed by atoms with E-state index < -0.39 is 11.6 Å². The second-order valence-electron chi connectivity index (χ2n) is 6.70. The minimum Gasteiger partial charge on any atom is -0.205 e. The third-order valence-corrected chi connectivity index (χ3v) is 3.63. The highest BCUT2D eigenvalue weighted by molar-refractivity contribution is 6.31. The number of rotatable bonds is 2. The molecule has 0 atom stereocenters. The van der Waals surface area contributed by atoms with E-state index in [1.54, 1.807) is 0 Å². The molecule has 3 heteroatoms. The van der Waals surface area contributed by atoms with Crippen LogP contribution in [0.4, 0.5) is 8.78 Å². The first-order chi connectivity index (χ1) is 8.50. The summed E-state index contributed by atoms with van der Waals surface area (Å²) in [4.78, 5) is 0. The topological polar surface area (TPSA) is 0 Å². The molecule has 0 saturated carbocycles. The van der Waals surface area contributed by atoms with Crippen LogP contribution in [0.5, 0.6) is 0 Å². The molecule has 0 unspecified atom stereocenters. The van der Waals surface area contributed by atoms with Crippen molar-refractivity contribution in [2.24, 2.45) is 0 Å². The minimum absolute atomic E-state index is 0.0372. The van der Waals surface area contributed by atoms with E-state index in [0.717, 1.165) is 5.56 Å². The van der Waals surface area contributed by atoms with Crippen LogP contribution in [-0.2, 0) is 5.41 Å². The van der Waals surface area contributed by atoms with Crippen molar-refractivity contribution in [1.82, 2.24) is 0 Å². The van der Waals surface area contributed by atoms with Gasteiger partial charge in [-0.3, -0.25) is 0 Å². The van der Waals surface area contributed by atoms with Gasteiger partial charge in [-0.05, 0) is 33.9 Å². The second kappa shape index (κ2) is 5.40. The van der Waals surface area contributed by atoms with E-state index in [-0.39, 0.29) is 22.3 Å². The van der Waals surface area contributed by atoms with Crippen molar-refractivity contribution in [3.63, 3.8) is 0 Å². The first-order valence-corrected chi connectivity index (χ1v) is 7.08. The SMILES string of the molecule is CC(C)c1c(F)c(Cl)c(F)c(C(C)C)c1C(C)(C)C. The standard InChI is InChI=1S/C16H23ClF2/c1-8(2)10-12(16(5,6)7)11(9(3)4)15(19)13(17)14(10)18/h8-9H,1-7H3. The maximum Gasteiger partial charge on any atom is 0.148 e. The molecule has 0 aliphatic heterocycles. The highest BCUT2D eigenvalue weighted by Crippen LogP contribution is 2.42. The number of hydrogen-bond acceptors (Lipinski definition) is 0. The Balaban J connectivity index is 3.92. The molecule has 0 fully saturated rings. The van der Waals surface area contributed by atoms with Crippen LogP contribution in [0.2, 0.25) is 5.02 Å². The summed E-state index contributed by atoms with van der Waals surface area (Å²) in [5, 5.41) is -0.375. The Kier molecular flexibility index (Phi) is 4.66. The molecule has 1 rings (SSSR count).